The number of carbonyl (C=O) groups excluding carboxylic acids is 1. The molecular weight excluding hydrogens is 308 g/mol. The van der Waals surface area contributed by atoms with Gasteiger partial charge in [0.1, 0.15) is 10.3 Å². The summed E-state index contributed by atoms with van der Waals surface area (Å²) in [4.78, 5) is 20.5. The minimum Gasteiger partial charge on any atom is -0.369 e. The Bertz CT molecular complexity index is 665. The maximum absolute atomic E-state index is 11.7. The number of amides is 1. The Balaban J connectivity index is 2.07. The predicted octanol–water partition coefficient (Wildman–Crippen LogP) is 2.33. The van der Waals surface area contributed by atoms with Gasteiger partial charge in [-0.05, 0) is 40.0 Å². The van der Waals surface area contributed by atoms with Crippen LogP contribution in [0.4, 0.5) is 11.6 Å². The number of carbonyl (C=O) groups is 1. The second-order valence-corrected chi connectivity index (χ2v) is 5.37. The molecule has 2 aromatic rings. The van der Waals surface area contributed by atoms with E-state index in [1.54, 1.807) is 4.90 Å². The zero-order valence-corrected chi connectivity index (χ0v) is 12.0. The molecule has 1 aromatic heterocycles. The number of H-pyrrole nitrogens is 1. The topological polar surface area (TPSA) is 75.0 Å². The van der Waals surface area contributed by atoms with E-state index in [2.05, 4.69) is 32.0 Å². The smallest absolute Gasteiger partial charge is 0.227 e. The van der Waals surface area contributed by atoms with Crippen LogP contribution in [-0.2, 0) is 11.2 Å². The molecule has 1 aliphatic heterocycles. The number of aryl methyl sites for hydroxylation is 1. The van der Waals surface area contributed by atoms with E-state index in [1.807, 2.05) is 19.2 Å². The Hall–Kier alpha value is -1.82. The zero-order valence-electron chi connectivity index (χ0n) is 10.4. The normalized spacial score (nSPS) is 14.6. The number of aromatic amines is 1. The zero-order chi connectivity index (χ0) is 13.6. The van der Waals surface area contributed by atoms with Crippen LogP contribution in [0.15, 0.2) is 22.8 Å². The number of nitrogens with one attached hydrogen (secondary N) is 1. The van der Waals surface area contributed by atoms with Gasteiger partial charge in [0.05, 0.1) is 0 Å². The monoisotopic (exact) mass is 320 g/mol. The number of aromatic nitrogens is 2. The van der Waals surface area contributed by atoms with Crippen LogP contribution < -0.4 is 10.6 Å². The van der Waals surface area contributed by atoms with E-state index in [0.29, 0.717) is 12.4 Å². The summed E-state index contributed by atoms with van der Waals surface area (Å²) >= 11 is 3.41. The molecule has 0 saturated heterocycles. The van der Waals surface area contributed by atoms with Gasteiger partial charge in [-0.25, -0.2) is 4.98 Å². The molecule has 0 aliphatic carbocycles. The third-order valence-electron chi connectivity index (χ3n) is 3.37. The van der Waals surface area contributed by atoms with Gasteiger partial charge in [0.15, 0.2) is 5.95 Å². The Kier molecular flexibility index (Phi) is 2.82. The van der Waals surface area contributed by atoms with Gasteiger partial charge in [0.25, 0.3) is 0 Å². The Morgan fingerprint density at radius 2 is 2.21 bits per heavy atom. The summed E-state index contributed by atoms with van der Waals surface area (Å²) in [5.74, 6) is 0.539. The highest BCUT2D eigenvalue weighted by atomic mass is 79.9. The van der Waals surface area contributed by atoms with Gasteiger partial charge in [-0.3, -0.25) is 4.79 Å². The van der Waals surface area contributed by atoms with Crippen molar-refractivity contribution in [2.75, 3.05) is 17.7 Å². The maximum atomic E-state index is 11.7. The van der Waals surface area contributed by atoms with Crippen LogP contribution in [-0.4, -0.2) is 22.9 Å². The third-order valence-corrected chi connectivity index (χ3v) is 3.95. The Morgan fingerprint density at radius 1 is 1.42 bits per heavy atom. The molecule has 0 unspecified atom stereocenters. The van der Waals surface area contributed by atoms with Crippen molar-refractivity contribution in [3.63, 3.8) is 0 Å². The molecule has 0 bridgehead atoms. The van der Waals surface area contributed by atoms with Gasteiger partial charge in [0, 0.05) is 24.7 Å². The van der Waals surface area contributed by atoms with Gasteiger partial charge in [-0.1, -0.05) is 6.07 Å². The number of anilines is 2. The molecule has 0 saturated carbocycles. The van der Waals surface area contributed by atoms with E-state index in [0.717, 1.165) is 33.5 Å². The fourth-order valence-electron chi connectivity index (χ4n) is 2.36. The van der Waals surface area contributed by atoms with Crippen LogP contribution in [0.3, 0.4) is 0 Å². The van der Waals surface area contributed by atoms with E-state index in [9.17, 15) is 4.79 Å². The first kappa shape index (κ1) is 12.2. The summed E-state index contributed by atoms with van der Waals surface area (Å²) in [5.41, 5.74) is 9.56. The summed E-state index contributed by atoms with van der Waals surface area (Å²) in [6.45, 7) is 0. The van der Waals surface area contributed by atoms with Gasteiger partial charge < -0.3 is 15.6 Å². The second kappa shape index (κ2) is 4.38. The van der Waals surface area contributed by atoms with Crippen molar-refractivity contribution in [1.29, 1.82) is 0 Å². The average Bonchev–Trinajstić information content (AvgIpc) is 2.73. The molecule has 0 atom stereocenters. The summed E-state index contributed by atoms with van der Waals surface area (Å²) < 4.78 is 0.769. The molecule has 5 nitrogen and oxygen atoms in total. The molecule has 3 N–H and O–H groups in total. The molecule has 1 amide bonds. The van der Waals surface area contributed by atoms with Crippen LogP contribution in [0, 0.1) is 0 Å². The third kappa shape index (κ3) is 2.02. The van der Waals surface area contributed by atoms with E-state index in [1.165, 1.54) is 0 Å². The number of benzene rings is 1. The molecule has 1 aliphatic rings. The fourth-order valence-corrected chi connectivity index (χ4v) is 2.89. The molecule has 98 valence electrons. The second-order valence-electron chi connectivity index (χ2n) is 4.58. The first-order valence-corrected chi connectivity index (χ1v) is 6.76. The first-order valence-electron chi connectivity index (χ1n) is 5.97. The minimum absolute atomic E-state index is 0.158. The van der Waals surface area contributed by atoms with Crippen molar-refractivity contribution in [3.8, 4) is 11.3 Å². The number of fused-ring (bicyclic) bond motifs is 1. The molecule has 0 fully saturated rings. The summed E-state index contributed by atoms with van der Waals surface area (Å²) in [5, 5.41) is 0. The van der Waals surface area contributed by atoms with Crippen LogP contribution >= 0.6 is 15.9 Å². The predicted molar refractivity (Wildman–Crippen MR) is 77.9 cm³/mol. The van der Waals surface area contributed by atoms with Gasteiger partial charge in [-0.15, -0.1) is 0 Å². The number of hydrogen-bond acceptors (Lipinski definition) is 3. The molecule has 2 heterocycles. The van der Waals surface area contributed by atoms with Crippen molar-refractivity contribution in [1.82, 2.24) is 9.97 Å². The number of halogens is 1. The average molecular weight is 321 g/mol. The van der Waals surface area contributed by atoms with E-state index in [-0.39, 0.29) is 5.91 Å². The quantitative estimate of drug-likeness (QED) is 0.846. The highest BCUT2D eigenvalue weighted by Gasteiger charge is 2.21. The maximum Gasteiger partial charge on any atom is 0.227 e. The highest BCUT2D eigenvalue weighted by Crippen LogP contribution is 2.33. The molecule has 3 rings (SSSR count). The SMILES string of the molecule is CN1C(=O)CCc2cc(-c3nc(N)[nH]c3Br)ccc21. The summed E-state index contributed by atoms with van der Waals surface area (Å²) in [6, 6.07) is 5.98. The Labute approximate surface area is 119 Å². The van der Waals surface area contributed by atoms with E-state index < -0.39 is 0 Å². The molecule has 0 radical (unpaired) electrons. The standard InChI is InChI=1S/C13H13BrN4O/c1-18-9-4-2-8(6-7(9)3-5-10(18)19)11-12(14)17-13(15)16-11/h2,4,6H,3,5H2,1H3,(H3,15,16,17). The number of nitrogens with two attached hydrogens (primary N) is 1. The molecule has 19 heavy (non-hydrogen) atoms. The van der Waals surface area contributed by atoms with E-state index in [4.69, 9.17) is 5.73 Å². The van der Waals surface area contributed by atoms with Crippen molar-refractivity contribution in [2.45, 2.75) is 12.8 Å². The molecular formula is C13H13BrN4O. The van der Waals surface area contributed by atoms with Gasteiger partial charge in [-0.2, -0.15) is 0 Å². The fraction of sp³-hybridized carbons (Fsp3) is 0.231. The highest BCUT2D eigenvalue weighted by molar-refractivity contribution is 9.10. The van der Waals surface area contributed by atoms with Crippen molar-refractivity contribution in [2.24, 2.45) is 0 Å². The van der Waals surface area contributed by atoms with E-state index >= 15 is 0 Å². The number of nitrogens with zero attached hydrogens (tertiary/aromatic N) is 2. The summed E-state index contributed by atoms with van der Waals surface area (Å²) in [6.07, 6.45) is 1.32. The largest absolute Gasteiger partial charge is 0.369 e. The lowest BCUT2D eigenvalue weighted by Crippen LogP contribution is -2.30. The van der Waals surface area contributed by atoms with Crippen LogP contribution in [0.25, 0.3) is 11.3 Å². The number of hydrogen-bond donors (Lipinski definition) is 2. The van der Waals surface area contributed by atoms with Crippen molar-refractivity contribution < 1.29 is 4.79 Å². The number of nitrogen functional groups attached to an aromatic ring is 1. The summed E-state index contributed by atoms with van der Waals surface area (Å²) in [7, 11) is 1.81. The first-order chi connectivity index (χ1) is 9.06. The molecule has 0 spiro atoms. The van der Waals surface area contributed by atoms with Gasteiger partial charge in [0.2, 0.25) is 5.91 Å². The number of rotatable bonds is 1. The van der Waals surface area contributed by atoms with Crippen LogP contribution in [0.5, 0.6) is 0 Å². The van der Waals surface area contributed by atoms with Crippen LogP contribution in [0.1, 0.15) is 12.0 Å². The molecule has 1 aromatic carbocycles. The molecule has 6 heteroatoms. The van der Waals surface area contributed by atoms with Crippen LogP contribution in [0.2, 0.25) is 0 Å². The Morgan fingerprint density at radius 3 is 2.89 bits per heavy atom. The lowest BCUT2D eigenvalue weighted by atomic mass is 9.98. The van der Waals surface area contributed by atoms with Gasteiger partial charge >= 0.3 is 0 Å². The van der Waals surface area contributed by atoms with Crippen molar-refractivity contribution in [3.05, 3.63) is 28.4 Å². The lowest BCUT2D eigenvalue weighted by Gasteiger charge is -2.26. The van der Waals surface area contributed by atoms with Crippen molar-refractivity contribution >= 4 is 33.5 Å². The number of imidazole rings is 1. The lowest BCUT2D eigenvalue weighted by molar-refractivity contribution is -0.118. The minimum atomic E-state index is 0.158.